The average Bonchev–Trinajstić information content (AvgIpc) is 3.70. The SMILES string of the molecule is C=Cc1ccc(N(c2ccc3c(c2)-c2cc4cc5c(cc4cc2[Si]3(C)C)[Si](C)(C)c2ccc(N(c3ccc(C=C)cc3)c3cccc4ccccc34)cc2-5)c2cccc3ccccc23)cc1. The molecule has 10 aromatic rings. The molecule has 2 aliphatic heterocycles. The van der Waals surface area contributed by atoms with Crippen LogP contribution in [0, 0.1) is 0 Å². The van der Waals surface area contributed by atoms with Crippen molar-refractivity contribution in [3.05, 3.63) is 218 Å². The summed E-state index contributed by atoms with van der Waals surface area (Å²) in [7, 11) is -4.07. The molecule has 4 heteroatoms. The Balaban J connectivity index is 1.02. The first kappa shape index (κ1) is 40.0. The average molecular weight is 879 g/mol. The number of rotatable bonds is 8. The summed E-state index contributed by atoms with van der Waals surface area (Å²) < 4.78 is 0. The summed E-state index contributed by atoms with van der Waals surface area (Å²) >= 11 is 0. The molecule has 0 N–H and O–H groups in total. The van der Waals surface area contributed by atoms with E-state index in [1.807, 2.05) is 12.2 Å². The summed E-state index contributed by atoms with van der Waals surface area (Å²) in [6.45, 7) is 18.2. The van der Waals surface area contributed by atoms with E-state index in [1.165, 1.54) is 86.7 Å². The Bertz CT molecular complexity index is 3390. The minimum absolute atomic E-state index is 1.11. The third kappa shape index (κ3) is 6.13. The lowest BCUT2D eigenvalue weighted by Crippen LogP contribution is -2.49. The van der Waals surface area contributed by atoms with Crippen LogP contribution in [0.1, 0.15) is 11.1 Å². The van der Waals surface area contributed by atoms with E-state index in [0.29, 0.717) is 0 Å². The monoisotopic (exact) mass is 878 g/mol. The van der Waals surface area contributed by atoms with Crippen LogP contribution in [0.15, 0.2) is 207 Å². The normalized spacial score (nSPS) is 13.8. The van der Waals surface area contributed by atoms with Gasteiger partial charge in [-0.1, -0.05) is 173 Å². The number of hydrogen-bond acceptors (Lipinski definition) is 2. The quantitative estimate of drug-likeness (QED) is 0.140. The van der Waals surface area contributed by atoms with Gasteiger partial charge in [0, 0.05) is 33.5 Å². The number of benzene rings is 10. The molecule has 0 aromatic heterocycles. The Kier molecular flexibility index (Phi) is 9.12. The first-order valence-electron chi connectivity index (χ1n) is 23.1. The molecular weight excluding hydrogens is 829 g/mol. The van der Waals surface area contributed by atoms with Gasteiger partial charge < -0.3 is 9.80 Å². The fourth-order valence-corrected chi connectivity index (χ4v) is 17.3. The number of hydrogen-bond donors (Lipinski definition) is 0. The van der Waals surface area contributed by atoms with Crippen molar-refractivity contribution >= 4 is 115 Å². The lowest BCUT2D eigenvalue weighted by molar-refractivity contribution is 1.30. The van der Waals surface area contributed by atoms with E-state index in [0.717, 1.165) is 33.9 Å². The van der Waals surface area contributed by atoms with Gasteiger partial charge in [0.05, 0.1) is 11.4 Å². The Morgan fingerprint density at radius 3 is 1.12 bits per heavy atom. The van der Waals surface area contributed by atoms with Gasteiger partial charge in [-0.15, -0.1) is 0 Å². The molecule has 12 rings (SSSR count). The van der Waals surface area contributed by atoms with Crippen LogP contribution in [-0.2, 0) is 0 Å². The molecule has 0 bridgehead atoms. The van der Waals surface area contributed by atoms with Crippen LogP contribution in [0.3, 0.4) is 0 Å². The fraction of sp³-hybridized carbons (Fsp3) is 0.0645. The summed E-state index contributed by atoms with van der Waals surface area (Å²) in [4.78, 5) is 4.87. The van der Waals surface area contributed by atoms with Gasteiger partial charge in [0.15, 0.2) is 0 Å². The molecule has 0 amide bonds. The van der Waals surface area contributed by atoms with Crippen LogP contribution in [0.4, 0.5) is 34.1 Å². The van der Waals surface area contributed by atoms with Crippen molar-refractivity contribution in [2.75, 3.05) is 9.80 Å². The van der Waals surface area contributed by atoms with Gasteiger partial charge in [-0.2, -0.15) is 0 Å². The molecule has 316 valence electrons. The molecule has 0 saturated heterocycles. The van der Waals surface area contributed by atoms with E-state index < -0.39 is 16.1 Å². The molecule has 0 fully saturated rings. The van der Waals surface area contributed by atoms with Crippen LogP contribution >= 0.6 is 0 Å². The smallest absolute Gasteiger partial charge is 0.113 e. The molecule has 0 radical (unpaired) electrons. The van der Waals surface area contributed by atoms with Crippen LogP contribution < -0.4 is 30.5 Å². The second kappa shape index (κ2) is 15.0. The second-order valence-corrected chi connectivity index (χ2v) is 27.8. The predicted molar refractivity (Wildman–Crippen MR) is 293 cm³/mol. The van der Waals surface area contributed by atoms with E-state index in [4.69, 9.17) is 0 Å². The van der Waals surface area contributed by atoms with Crippen molar-refractivity contribution in [2.24, 2.45) is 0 Å². The van der Waals surface area contributed by atoms with Crippen LogP contribution in [-0.4, -0.2) is 16.1 Å². The van der Waals surface area contributed by atoms with Crippen LogP contribution in [0.5, 0.6) is 0 Å². The van der Waals surface area contributed by atoms with Crippen LogP contribution in [0.2, 0.25) is 26.2 Å². The number of fused-ring (bicyclic) bond motifs is 9. The first-order valence-corrected chi connectivity index (χ1v) is 29.1. The van der Waals surface area contributed by atoms with Gasteiger partial charge in [-0.05, 0) is 148 Å². The summed E-state index contributed by atoms with van der Waals surface area (Å²) in [5.41, 5.74) is 14.6. The zero-order valence-electron chi connectivity index (χ0n) is 37.9. The zero-order valence-corrected chi connectivity index (χ0v) is 39.9. The molecular formula is C62H50N2Si2. The zero-order chi connectivity index (χ0) is 44.9. The topological polar surface area (TPSA) is 6.48 Å². The summed E-state index contributed by atoms with van der Waals surface area (Å²) in [6, 6.07) is 73.0. The van der Waals surface area contributed by atoms with Gasteiger partial charge in [-0.25, -0.2) is 0 Å². The third-order valence-corrected chi connectivity index (χ3v) is 21.8. The number of nitrogens with zero attached hydrogens (tertiary/aromatic N) is 2. The van der Waals surface area contributed by atoms with Crippen molar-refractivity contribution in [3.63, 3.8) is 0 Å². The maximum atomic E-state index is 4.03. The van der Waals surface area contributed by atoms with Gasteiger partial charge in [0.1, 0.15) is 16.1 Å². The van der Waals surface area contributed by atoms with Gasteiger partial charge in [0.25, 0.3) is 0 Å². The molecule has 0 saturated carbocycles. The molecule has 0 atom stereocenters. The lowest BCUT2D eigenvalue weighted by Gasteiger charge is -2.28. The van der Waals surface area contributed by atoms with Crippen molar-refractivity contribution < 1.29 is 0 Å². The van der Waals surface area contributed by atoms with Gasteiger partial charge >= 0.3 is 0 Å². The minimum Gasteiger partial charge on any atom is -0.310 e. The highest BCUT2D eigenvalue weighted by atomic mass is 28.3. The van der Waals surface area contributed by atoms with Crippen molar-refractivity contribution in [1.29, 1.82) is 0 Å². The standard InChI is InChI=1S/C62H50N2Si2/c1-7-41-23-27-47(28-24-41)63(57-21-13-17-43-15-9-11-19-51(43)57)49-31-33-59-55(39-49)53-35-45-36-54-56-40-50(32-34-60(56)66(5,6)62(54)38-46(45)37-61(53)65(59,3)4)64(48-29-25-42(8-2)26-30-48)58-22-14-18-44-16-10-12-20-52(44)58/h7-40H,1-2H2,3-6H3. The van der Waals surface area contributed by atoms with Gasteiger partial charge in [0.2, 0.25) is 0 Å². The molecule has 10 aromatic carbocycles. The van der Waals surface area contributed by atoms with Crippen LogP contribution in [0.25, 0.3) is 66.7 Å². The predicted octanol–water partition coefficient (Wildman–Crippen LogP) is 15.0. The minimum atomic E-state index is -2.04. The molecule has 2 heterocycles. The maximum Gasteiger partial charge on any atom is 0.113 e. The van der Waals surface area contributed by atoms with E-state index in [1.54, 1.807) is 0 Å². The Hall–Kier alpha value is -7.51. The first-order chi connectivity index (χ1) is 32.1. The molecule has 0 aliphatic carbocycles. The summed E-state index contributed by atoms with van der Waals surface area (Å²) in [6.07, 6.45) is 3.83. The summed E-state index contributed by atoms with van der Waals surface area (Å²) in [5.74, 6) is 0. The Morgan fingerprint density at radius 2 is 0.697 bits per heavy atom. The van der Waals surface area contributed by atoms with E-state index in [2.05, 4.69) is 243 Å². The molecule has 2 nitrogen and oxygen atoms in total. The Morgan fingerprint density at radius 1 is 0.333 bits per heavy atom. The fourth-order valence-electron chi connectivity index (χ4n) is 11.2. The molecule has 0 unspecified atom stereocenters. The lowest BCUT2D eigenvalue weighted by atomic mass is 9.96. The second-order valence-electron chi connectivity index (χ2n) is 19.1. The van der Waals surface area contributed by atoms with Gasteiger partial charge in [-0.3, -0.25) is 0 Å². The molecule has 2 aliphatic rings. The van der Waals surface area contributed by atoms with E-state index in [9.17, 15) is 0 Å². The van der Waals surface area contributed by atoms with Crippen molar-refractivity contribution in [2.45, 2.75) is 26.2 Å². The highest BCUT2D eigenvalue weighted by Crippen LogP contribution is 2.44. The van der Waals surface area contributed by atoms with E-state index >= 15 is 0 Å². The largest absolute Gasteiger partial charge is 0.310 e. The highest BCUT2D eigenvalue weighted by molar-refractivity contribution is 7.04. The maximum absolute atomic E-state index is 4.03. The molecule has 66 heavy (non-hydrogen) atoms. The molecule has 0 spiro atoms. The Labute approximate surface area is 390 Å². The van der Waals surface area contributed by atoms with Crippen molar-refractivity contribution in [3.8, 4) is 22.3 Å². The van der Waals surface area contributed by atoms with E-state index in [-0.39, 0.29) is 0 Å². The third-order valence-electron chi connectivity index (χ3n) is 14.7. The summed E-state index contributed by atoms with van der Waals surface area (Å²) in [5, 5.41) is 13.6. The highest BCUT2D eigenvalue weighted by Gasteiger charge is 2.41. The van der Waals surface area contributed by atoms with Crippen molar-refractivity contribution in [1.82, 2.24) is 0 Å². The number of anilines is 6.